The Hall–Kier alpha value is -4.44. The molecule has 0 spiro atoms. The molecule has 5 heteroatoms. The SMILES string of the molecule is [2H]C(C)(c1ccc(F)cc1)c1ccnc(-c2[c-]ccc3c2oc2ccccc23)c1.[2H]C([2H])([2H])c1c[c-]c(-c2ccc(C([2H])([2H])[2H])cn2)cc1.[Ir]. The predicted octanol–water partition coefficient (Wildman–Crippen LogP) is 9.90. The molecular weight excluding hydrogens is 712 g/mol. The van der Waals surface area contributed by atoms with Crippen LogP contribution in [0.1, 0.15) is 44.7 Å². The van der Waals surface area contributed by atoms with Crippen molar-refractivity contribution in [3.05, 3.63) is 156 Å². The number of hydrogen-bond acceptors (Lipinski definition) is 3. The Morgan fingerprint density at radius 2 is 1.63 bits per heavy atom. The number of rotatable bonds is 4. The first-order valence-electron chi connectivity index (χ1n) is 16.8. The second kappa shape index (κ2) is 13.2. The van der Waals surface area contributed by atoms with Crippen LogP contribution in [0.3, 0.4) is 0 Å². The molecule has 0 saturated carbocycles. The molecule has 1 radical (unpaired) electrons. The summed E-state index contributed by atoms with van der Waals surface area (Å²) in [6.45, 7) is -2.54. The molecule has 0 aliphatic rings. The van der Waals surface area contributed by atoms with E-state index in [1.165, 1.54) is 36.5 Å². The maximum atomic E-state index is 13.3. The summed E-state index contributed by atoms with van der Waals surface area (Å²) in [4.78, 5) is 8.59. The quantitative estimate of drug-likeness (QED) is 0.168. The maximum Gasteiger partial charge on any atom is 0.123 e. The van der Waals surface area contributed by atoms with Gasteiger partial charge in [0.2, 0.25) is 0 Å². The molecule has 1 atom stereocenters. The summed E-state index contributed by atoms with van der Waals surface area (Å²) in [5, 5.41) is 2.05. The zero-order valence-corrected chi connectivity index (χ0v) is 25.4. The second-order valence-corrected chi connectivity index (χ2v) is 9.68. The van der Waals surface area contributed by atoms with E-state index in [4.69, 9.17) is 14.0 Å². The number of hydrogen-bond donors (Lipinski definition) is 0. The van der Waals surface area contributed by atoms with Gasteiger partial charge in [0, 0.05) is 53.4 Å². The molecule has 215 valence electrons. The largest absolute Gasteiger partial charge is 0.501 e. The first kappa shape index (κ1) is 22.1. The molecule has 1 unspecified atom stereocenters. The van der Waals surface area contributed by atoms with Crippen LogP contribution in [0, 0.1) is 31.7 Å². The molecule has 4 aromatic carbocycles. The average Bonchev–Trinajstić information content (AvgIpc) is 3.47. The summed E-state index contributed by atoms with van der Waals surface area (Å²) in [5.41, 5.74) is 6.01. The summed E-state index contributed by atoms with van der Waals surface area (Å²) in [7, 11) is 0. The third-order valence-electron chi connectivity index (χ3n) is 6.92. The van der Waals surface area contributed by atoms with Crippen LogP contribution in [0.2, 0.25) is 0 Å². The standard InChI is InChI=1S/C25H17FNO.C13H12N.Ir/c1-16(17-9-11-19(26)12-10-17)18-13-14-27-23(15-18)22-7-4-6-21-20-5-2-3-8-24(20)28-25(21)22;1-10-3-6-12(7-4-10)13-8-5-11(2)9-14-13;/h2-6,8-16H,1H3;3-6,8-9H,1-2H3;/q2*-1;/i16D;1D3,2D3;. The smallest absolute Gasteiger partial charge is 0.123 e. The molecular formula is C38H29FIrN2O-2. The molecule has 0 aliphatic heterocycles. The first-order valence-corrected chi connectivity index (χ1v) is 13.3. The molecule has 0 saturated heterocycles. The Bertz CT molecular complexity index is 2180. The summed E-state index contributed by atoms with van der Waals surface area (Å²) >= 11 is 0. The van der Waals surface area contributed by atoms with Crippen molar-refractivity contribution in [2.45, 2.75) is 26.5 Å². The molecule has 0 amide bonds. The molecule has 7 aromatic rings. The van der Waals surface area contributed by atoms with E-state index in [0.29, 0.717) is 22.5 Å². The van der Waals surface area contributed by atoms with E-state index in [2.05, 4.69) is 22.1 Å². The maximum absolute atomic E-state index is 13.3. The minimum absolute atomic E-state index is 0. The van der Waals surface area contributed by atoms with Crippen LogP contribution in [0.4, 0.5) is 4.39 Å². The van der Waals surface area contributed by atoms with Crippen molar-refractivity contribution >= 4 is 21.9 Å². The summed E-state index contributed by atoms with van der Waals surface area (Å²) in [6, 6.07) is 35.2. The van der Waals surface area contributed by atoms with E-state index in [1.807, 2.05) is 48.5 Å². The van der Waals surface area contributed by atoms with Crippen LogP contribution in [0.15, 0.2) is 120 Å². The number of benzene rings is 4. The Labute approximate surface area is 274 Å². The fourth-order valence-electron chi connectivity index (χ4n) is 4.69. The van der Waals surface area contributed by atoms with Crippen LogP contribution in [-0.2, 0) is 20.1 Å². The van der Waals surface area contributed by atoms with E-state index >= 15 is 0 Å². The number of fused-ring (bicyclic) bond motifs is 3. The zero-order valence-electron chi connectivity index (χ0n) is 30.0. The molecule has 3 heterocycles. The molecule has 3 aromatic heterocycles. The summed E-state index contributed by atoms with van der Waals surface area (Å²) < 4.78 is 72.0. The van der Waals surface area contributed by atoms with Crippen molar-refractivity contribution in [2.75, 3.05) is 0 Å². The van der Waals surface area contributed by atoms with E-state index < -0.39 is 19.6 Å². The fraction of sp³-hybridized carbons (Fsp3) is 0.105. The second-order valence-electron chi connectivity index (χ2n) is 9.68. The molecule has 3 nitrogen and oxygen atoms in total. The van der Waals surface area contributed by atoms with Gasteiger partial charge in [-0.15, -0.1) is 53.6 Å². The Morgan fingerprint density at radius 1 is 0.814 bits per heavy atom. The molecule has 0 aliphatic carbocycles. The number of nitrogens with zero attached hydrogens (tertiary/aromatic N) is 2. The number of halogens is 1. The monoisotopic (exact) mass is 748 g/mol. The Morgan fingerprint density at radius 3 is 2.37 bits per heavy atom. The van der Waals surface area contributed by atoms with Gasteiger partial charge in [-0.25, -0.2) is 4.39 Å². The molecule has 7 rings (SSSR count). The normalized spacial score (nSPS) is 15.2. The van der Waals surface area contributed by atoms with Gasteiger partial charge >= 0.3 is 0 Å². The van der Waals surface area contributed by atoms with E-state index in [1.54, 1.807) is 37.4 Å². The summed E-state index contributed by atoms with van der Waals surface area (Å²) in [5.74, 6) is -1.36. The predicted molar refractivity (Wildman–Crippen MR) is 168 cm³/mol. The van der Waals surface area contributed by atoms with E-state index in [-0.39, 0.29) is 37.0 Å². The topological polar surface area (TPSA) is 38.9 Å². The number of pyridine rings is 2. The number of aromatic nitrogens is 2. The van der Waals surface area contributed by atoms with Gasteiger partial charge < -0.3 is 14.4 Å². The van der Waals surface area contributed by atoms with Gasteiger partial charge in [0.25, 0.3) is 0 Å². The first-order chi connectivity index (χ1) is 23.2. The van der Waals surface area contributed by atoms with Crippen molar-refractivity contribution in [1.29, 1.82) is 0 Å². The van der Waals surface area contributed by atoms with Crippen molar-refractivity contribution in [1.82, 2.24) is 9.97 Å². The third-order valence-corrected chi connectivity index (χ3v) is 6.92. The van der Waals surface area contributed by atoms with Gasteiger partial charge in [-0.05, 0) is 59.2 Å². The van der Waals surface area contributed by atoms with Crippen molar-refractivity contribution in [3.63, 3.8) is 0 Å². The Kier molecular flexibility index (Phi) is 6.82. The average molecular weight is 748 g/mol. The van der Waals surface area contributed by atoms with Gasteiger partial charge in [-0.1, -0.05) is 73.3 Å². The van der Waals surface area contributed by atoms with Crippen LogP contribution >= 0.6 is 0 Å². The summed E-state index contributed by atoms with van der Waals surface area (Å²) in [6.07, 6.45) is 2.99. The van der Waals surface area contributed by atoms with Crippen LogP contribution in [0.5, 0.6) is 0 Å². The zero-order chi connectivity index (χ0) is 35.0. The minimum Gasteiger partial charge on any atom is -0.501 e. The van der Waals surface area contributed by atoms with Gasteiger partial charge in [-0.2, -0.15) is 0 Å². The van der Waals surface area contributed by atoms with E-state index in [0.717, 1.165) is 33.1 Å². The Balaban J connectivity index is 0.000000204. The van der Waals surface area contributed by atoms with Crippen molar-refractivity contribution < 1.29 is 38.5 Å². The van der Waals surface area contributed by atoms with Crippen molar-refractivity contribution in [3.8, 4) is 22.5 Å². The number of para-hydroxylation sites is 1. The van der Waals surface area contributed by atoms with Gasteiger partial charge in [0.15, 0.2) is 0 Å². The van der Waals surface area contributed by atoms with Crippen LogP contribution in [-0.4, -0.2) is 9.97 Å². The van der Waals surface area contributed by atoms with Gasteiger partial charge in [0.1, 0.15) is 11.4 Å². The van der Waals surface area contributed by atoms with Crippen molar-refractivity contribution in [2.24, 2.45) is 0 Å². The third kappa shape index (κ3) is 6.64. The van der Waals surface area contributed by atoms with Gasteiger partial charge in [-0.3, -0.25) is 0 Å². The number of aryl methyl sites for hydroxylation is 2. The van der Waals surface area contributed by atoms with Gasteiger partial charge in [0.05, 0.1) is 5.58 Å². The molecule has 0 bridgehead atoms. The molecule has 0 fully saturated rings. The van der Waals surface area contributed by atoms with Crippen LogP contribution < -0.4 is 0 Å². The fourth-order valence-corrected chi connectivity index (χ4v) is 4.69. The minimum atomic E-state index is -2.18. The van der Waals surface area contributed by atoms with E-state index in [9.17, 15) is 4.39 Å². The number of furan rings is 1. The molecule has 43 heavy (non-hydrogen) atoms. The molecule has 0 N–H and O–H groups in total. The van der Waals surface area contributed by atoms with Crippen LogP contribution in [0.25, 0.3) is 44.5 Å².